The molecule has 1 saturated heterocycles. The van der Waals surface area contributed by atoms with Crippen molar-refractivity contribution in [1.29, 1.82) is 0 Å². The zero-order chi connectivity index (χ0) is 14.9. The number of hydrogen-bond acceptors (Lipinski definition) is 5. The molecule has 0 radical (unpaired) electrons. The lowest BCUT2D eigenvalue weighted by atomic mass is 10.1. The first-order valence-electron chi connectivity index (χ1n) is 7.40. The van der Waals surface area contributed by atoms with Crippen LogP contribution in [0.3, 0.4) is 0 Å². The molecule has 5 nitrogen and oxygen atoms in total. The van der Waals surface area contributed by atoms with E-state index in [1.165, 1.54) is 24.2 Å². The molecule has 1 aromatic rings. The maximum atomic E-state index is 12.8. The van der Waals surface area contributed by atoms with E-state index in [2.05, 4.69) is 5.32 Å². The van der Waals surface area contributed by atoms with E-state index in [0.29, 0.717) is 43.1 Å². The van der Waals surface area contributed by atoms with E-state index in [-0.39, 0.29) is 0 Å². The maximum absolute atomic E-state index is 12.8. The summed E-state index contributed by atoms with van der Waals surface area (Å²) in [6.45, 7) is 2.46. The second-order valence-corrected chi connectivity index (χ2v) is 8.74. The third-order valence-electron chi connectivity index (χ3n) is 4.10. The third-order valence-corrected chi connectivity index (χ3v) is 7.10. The van der Waals surface area contributed by atoms with E-state index in [4.69, 9.17) is 4.74 Å². The highest BCUT2D eigenvalue weighted by molar-refractivity contribution is 7.89. The first kappa shape index (κ1) is 15.4. The van der Waals surface area contributed by atoms with E-state index in [1.54, 1.807) is 17.5 Å². The summed E-state index contributed by atoms with van der Waals surface area (Å²) in [7, 11) is -1.69. The van der Waals surface area contributed by atoms with Crippen LogP contribution in [0.5, 0.6) is 0 Å². The van der Waals surface area contributed by atoms with Crippen molar-refractivity contribution in [2.75, 3.05) is 26.8 Å². The summed E-state index contributed by atoms with van der Waals surface area (Å²) in [5, 5.41) is 5.27. The lowest BCUT2D eigenvalue weighted by Crippen LogP contribution is -2.30. The highest BCUT2D eigenvalue weighted by Crippen LogP contribution is 2.30. The lowest BCUT2D eigenvalue weighted by Gasteiger charge is -2.17. The number of hydrogen-bond donors (Lipinski definition) is 1. The topological polar surface area (TPSA) is 58.6 Å². The quantitative estimate of drug-likeness (QED) is 0.826. The minimum absolute atomic E-state index is 0.316. The highest BCUT2D eigenvalue weighted by atomic mass is 32.2. The van der Waals surface area contributed by atoms with Gasteiger partial charge in [0.05, 0.1) is 11.5 Å². The van der Waals surface area contributed by atoms with Crippen LogP contribution < -0.4 is 5.32 Å². The Morgan fingerprint density at radius 3 is 2.95 bits per heavy atom. The molecule has 118 valence electrons. The molecule has 0 bridgehead atoms. The minimum Gasteiger partial charge on any atom is -0.384 e. The van der Waals surface area contributed by atoms with Gasteiger partial charge in [-0.25, -0.2) is 8.42 Å². The Kier molecular flexibility index (Phi) is 4.66. The lowest BCUT2D eigenvalue weighted by molar-refractivity contribution is 0.157. The molecule has 0 aromatic carbocycles. The fourth-order valence-electron chi connectivity index (χ4n) is 2.74. The predicted octanol–water partition coefficient (Wildman–Crippen LogP) is 1.66. The fraction of sp³-hybridized carbons (Fsp3) is 0.714. The van der Waals surface area contributed by atoms with Crippen molar-refractivity contribution in [2.45, 2.75) is 36.7 Å². The summed E-state index contributed by atoms with van der Waals surface area (Å²) in [6.07, 6.45) is 3.30. The van der Waals surface area contributed by atoms with Crippen molar-refractivity contribution in [1.82, 2.24) is 9.62 Å². The molecule has 21 heavy (non-hydrogen) atoms. The second kappa shape index (κ2) is 6.34. The van der Waals surface area contributed by atoms with Gasteiger partial charge in [0.15, 0.2) is 0 Å². The van der Waals surface area contributed by atoms with E-state index in [1.807, 2.05) is 5.38 Å². The summed E-state index contributed by atoms with van der Waals surface area (Å²) < 4.78 is 32.3. The third kappa shape index (κ3) is 3.48. The molecule has 2 aliphatic rings. The average molecular weight is 330 g/mol. The van der Waals surface area contributed by atoms with Gasteiger partial charge in [0.2, 0.25) is 10.0 Å². The van der Waals surface area contributed by atoms with Crippen LogP contribution in [-0.2, 0) is 21.3 Å². The Hall–Kier alpha value is -0.470. The van der Waals surface area contributed by atoms with Gasteiger partial charge in [0.25, 0.3) is 0 Å². The molecule has 1 aliphatic carbocycles. The zero-order valence-corrected chi connectivity index (χ0v) is 13.9. The van der Waals surface area contributed by atoms with Crippen LogP contribution in [0.4, 0.5) is 0 Å². The monoisotopic (exact) mass is 330 g/mol. The molecule has 2 fully saturated rings. The van der Waals surface area contributed by atoms with Crippen LogP contribution in [0.1, 0.15) is 24.1 Å². The van der Waals surface area contributed by atoms with Crippen LogP contribution in [-0.4, -0.2) is 45.6 Å². The molecule has 0 spiro atoms. The van der Waals surface area contributed by atoms with Crippen LogP contribution in [0.25, 0.3) is 0 Å². The fourth-order valence-corrected chi connectivity index (χ4v) is 5.63. The Morgan fingerprint density at radius 1 is 1.43 bits per heavy atom. The molecule has 1 aromatic heterocycles. The summed E-state index contributed by atoms with van der Waals surface area (Å²) in [5.74, 6) is 0.316. The van der Waals surface area contributed by atoms with Crippen LogP contribution >= 0.6 is 11.3 Å². The van der Waals surface area contributed by atoms with E-state index in [0.717, 1.165) is 11.3 Å². The number of sulfonamides is 1. The van der Waals surface area contributed by atoms with Crippen molar-refractivity contribution in [3.05, 3.63) is 16.3 Å². The second-order valence-electron chi connectivity index (χ2n) is 5.84. The molecule has 3 rings (SSSR count). The summed E-state index contributed by atoms with van der Waals surface area (Å²) >= 11 is 1.52. The van der Waals surface area contributed by atoms with Crippen LogP contribution in [0, 0.1) is 5.92 Å². The van der Waals surface area contributed by atoms with Gasteiger partial charge in [-0.15, -0.1) is 11.3 Å². The van der Waals surface area contributed by atoms with Gasteiger partial charge in [-0.2, -0.15) is 4.31 Å². The minimum atomic E-state index is -3.36. The van der Waals surface area contributed by atoms with Gasteiger partial charge in [-0.05, 0) is 36.6 Å². The van der Waals surface area contributed by atoms with Crippen molar-refractivity contribution in [3.63, 3.8) is 0 Å². The van der Waals surface area contributed by atoms with Crippen LogP contribution in [0.15, 0.2) is 16.3 Å². The first-order chi connectivity index (χ1) is 10.1. The van der Waals surface area contributed by atoms with E-state index < -0.39 is 10.0 Å². The molecule has 2 heterocycles. The molecule has 1 N–H and O–H groups in total. The smallest absolute Gasteiger partial charge is 0.244 e. The first-order valence-corrected chi connectivity index (χ1v) is 9.72. The van der Waals surface area contributed by atoms with Crippen molar-refractivity contribution in [3.8, 4) is 0 Å². The number of ether oxygens (including phenoxy) is 1. The summed E-state index contributed by atoms with van der Waals surface area (Å²) in [6, 6.07) is 2.33. The Bertz CT molecular complexity index is 581. The number of thiophene rings is 1. The van der Waals surface area contributed by atoms with Gasteiger partial charge in [-0.1, -0.05) is 0 Å². The number of methoxy groups -OCH3 is 1. The van der Waals surface area contributed by atoms with Crippen molar-refractivity contribution < 1.29 is 13.2 Å². The standard InChI is InChI=1S/C14H22N2O3S2/c1-19-10-11-4-6-16(9-11)21(17,18)14-5-7-20-13(14)8-15-12-2-3-12/h5,7,11-12,15H,2-4,6,8-10H2,1H3. The molecular weight excluding hydrogens is 308 g/mol. The van der Waals surface area contributed by atoms with Gasteiger partial charge >= 0.3 is 0 Å². The molecule has 1 atom stereocenters. The summed E-state index contributed by atoms with van der Waals surface area (Å²) in [4.78, 5) is 1.41. The average Bonchev–Trinajstić information content (AvgIpc) is 2.97. The molecule has 7 heteroatoms. The van der Waals surface area contributed by atoms with E-state index >= 15 is 0 Å². The number of nitrogens with zero attached hydrogens (tertiary/aromatic N) is 1. The van der Waals surface area contributed by atoms with Gasteiger partial charge in [0, 0.05) is 37.7 Å². The molecule has 1 saturated carbocycles. The Balaban J connectivity index is 1.71. The van der Waals surface area contributed by atoms with E-state index in [9.17, 15) is 8.42 Å². The molecule has 0 amide bonds. The largest absolute Gasteiger partial charge is 0.384 e. The van der Waals surface area contributed by atoms with Gasteiger partial charge < -0.3 is 10.1 Å². The Labute approximate surface area is 130 Å². The van der Waals surface area contributed by atoms with Crippen molar-refractivity contribution >= 4 is 21.4 Å². The predicted molar refractivity (Wildman–Crippen MR) is 82.9 cm³/mol. The van der Waals surface area contributed by atoms with Crippen LogP contribution in [0.2, 0.25) is 0 Å². The SMILES string of the molecule is COCC1CCN(S(=O)(=O)c2ccsc2CNC2CC2)C1. The molecule has 1 unspecified atom stereocenters. The van der Waals surface area contributed by atoms with Gasteiger partial charge in [0.1, 0.15) is 0 Å². The maximum Gasteiger partial charge on any atom is 0.244 e. The van der Waals surface area contributed by atoms with Gasteiger partial charge in [-0.3, -0.25) is 0 Å². The zero-order valence-electron chi connectivity index (χ0n) is 12.2. The molecule has 1 aliphatic heterocycles. The van der Waals surface area contributed by atoms with Crippen molar-refractivity contribution in [2.24, 2.45) is 5.92 Å². The number of rotatable bonds is 7. The normalized spacial score (nSPS) is 23.8. The molecular formula is C14H22N2O3S2. The Morgan fingerprint density at radius 2 is 2.24 bits per heavy atom. The summed E-state index contributed by atoms with van der Waals surface area (Å²) in [5.41, 5.74) is 0. The highest BCUT2D eigenvalue weighted by Gasteiger charge is 2.34. The number of nitrogens with one attached hydrogen (secondary N) is 1.